The molecule has 0 N–H and O–H groups in total. The molecule has 0 aliphatic rings. The Balaban J connectivity index is 0. The Morgan fingerprint density at radius 2 is 1.68 bits per heavy atom. The van der Waals surface area contributed by atoms with E-state index in [1.165, 1.54) is 7.11 Å². The van der Waals surface area contributed by atoms with Crippen LogP contribution in [0.5, 0.6) is 0 Å². The second kappa shape index (κ2) is 13.1. The molecule has 0 aromatic heterocycles. The molecule has 2 unspecified atom stereocenters. The van der Waals surface area contributed by atoms with E-state index in [-0.39, 0.29) is 6.10 Å². The first-order valence-corrected chi connectivity index (χ1v) is 6.73. The fourth-order valence-corrected chi connectivity index (χ4v) is 1.36. The van der Waals surface area contributed by atoms with E-state index < -0.39 is 16.3 Å². The molecular weight excluding hydrogens is 270 g/mol. The average Bonchev–Trinajstić information content (AvgIpc) is 2.41. The van der Waals surface area contributed by atoms with E-state index in [0.29, 0.717) is 0 Å². The molecule has 0 fully saturated rings. The van der Waals surface area contributed by atoms with Gasteiger partial charge in [-0.05, 0) is 12.5 Å². The number of rotatable bonds is 4. The lowest BCUT2D eigenvalue weighted by atomic mass is 10.1. The van der Waals surface area contributed by atoms with E-state index in [1.807, 2.05) is 51.1 Å². The smallest absolute Gasteiger partial charge is 0.272 e. The van der Waals surface area contributed by atoms with Gasteiger partial charge in [-0.1, -0.05) is 44.2 Å². The fourth-order valence-electron chi connectivity index (χ4n) is 0.937. The van der Waals surface area contributed by atoms with E-state index in [0.717, 1.165) is 12.6 Å². The monoisotopic (exact) mass is 291 g/mol. The van der Waals surface area contributed by atoms with Gasteiger partial charge in [0.05, 0.1) is 13.2 Å². The van der Waals surface area contributed by atoms with E-state index >= 15 is 0 Å². The molecule has 1 rings (SSSR count). The number of hydrogen-bond acceptors (Lipinski definition) is 5. The van der Waals surface area contributed by atoms with Crippen LogP contribution in [0, 0.1) is 10.1 Å². The highest BCUT2D eigenvalue weighted by Gasteiger charge is 2.08. The molecule has 0 bridgehead atoms. The number of hydrogen-bond donors (Lipinski definition) is 0. The standard InChI is InChI=1S/C9H12O3S.C2H6.CH3NO2/c1-8(12-13(10)11-2)9-6-4-3-5-7-9;1-2;1-2(3)4/h3-8H,1-2H3;1-2H3;1H3. The maximum absolute atomic E-state index is 10.9. The number of benzene rings is 1. The molecule has 0 saturated heterocycles. The van der Waals surface area contributed by atoms with Gasteiger partial charge in [0.25, 0.3) is 0 Å². The van der Waals surface area contributed by atoms with Gasteiger partial charge >= 0.3 is 11.4 Å². The molecule has 2 atom stereocenters. The normalized spacial score (nSPS) is 12.1. The van der Waals surface area contributed by atoms with Gasteiger partial charge < -0.3 is 0 Å². The summed E-state index contributed by atoms with van der Waals surface area (Å²) < 4.78 is 20.4. The Morgan fingerprint density at radius 1 is 1.26 bits per heavy atom. The zero-order valence-corrected chi connectivity index (χ0v) is 12.7. The number of nitrogens with zero attached hydrogens (tertiary/aromatic N) is 1. The highest BCUT2D eigenvalue weighted by Crippen LogP contribution is 2.16. The Bertz CT molecular complexity index is 354. The summed E-state index contributed by atoms with van der Waals surface area (Å²) in [6.45, 7) is 5.83. The van der Waals surface area contributed by atoms with Crippen LogP contribution in [0.25, 0.3) is 0 Å². The van der Waals surface area contributed by atoms with E-state index in [4.69, 9.17) is 14.3 Å². The topological polar surface area (TPSA) is 78.7 Å². The summed E-state index contributed by atoms with van der Waals surface area (Å²) in [5, 5.41) is 8.81. The van der Waals surface area contributed by atoms with Gasteiger partial charge in [0.2, 0.25) is 0 Å². The predicted molar refractivity (Wildman–Crippen MR) is 75.4 cm³/mol. The first-order chi connectivity index (χ1) is 8.97. The van der Waals surface area contributed by atoms with Crippen LogP contribution >= 0.6 is 0 Å². The summed E-state index contributed by atoms with van der Waals surface area (Å²) in [5.74, 6) is 0. The van der Waals surface area contributed by atoms with Crippen molar-refractivity contribution in [2.75, 3.05) is 14.2 Å². The van der Waals surface area contributed by atoms with Crippen LogP contribution in [0.3, 0.4) is 0 Å². The third-order valence-electron chi connectivity index (χ3n) is 1.63. The summed E-state index contributed by atoms with van der Waals surface area (Å²) in [4.78, 5) is 8.31. The highest BCUT2D eigenvalue weighted by molar-refractivity contribution is 7.75. The van der Waals surface area contributed by atoms with Gasteiger partial charge in [-0.25, -0.2) is 0 Å². The van der Waals surface area contributed by atoms with Crippen LogP contribution in [0.15, 0.2) is 30.3 Å². The van der Waals surface area contributed by atoms with Crippen LogP contribution < -0.4 is 0 Å². The minimum absolute atomic E-state index is 0.220. The summed E-state index contributed by atoms with van der Waals surface area (Å²) in [6.07, 6.45) is -0.220. The van der Waals surface area contributed by atoms with Crippen LogP contribution in [-0.2, 0) is 19.7 Å². The maximum atomic E-state index is 10.9. The molecular formula is C12H21NO5S. The molecule has 0 spiro atoms. The molecule has 7 heteroatoms. The lowest BCUT2D eigenvalue weighted by Gasteiger charge is -2.09. The lowest BCUT2D eigenvalue weighted by molar-refractivity contribution is -0.445. The summed E-state index contributed by atoms with van der Waals surface area (Å²) in [6, 6.07) is 9.56. The predicted octanol–water partition coefficient (Wildman–Crippen LogP) is 2.91. The molecule has 0 amide bonds. The van der Waals surface area contributed by atoms with Crippen molar-refractivity contribution in [3.8, 4) is 0 Å². The second-order valence-corrected chi connectivity index (χ2v) is 3.89. The number of nitro groups is 1. The van der Waals surface area contributed by atoms with Gasteiger partial charge in [0, 0.05) is 4.92 Å². The molecule has 0 aliphatic carbocycles. The maximum Gasteiger partial charge on any atom is 0.304 e. The second-order valence-electron chi connectivity index (χ2n) is 2.96. The summed E-state index contributed by atoms with van der Waals surface area (Å²) >= 11 is -1.66. The Morgan fingerprint density at radius 3 is 2.05 bits per heavy atom. The van der Waals surface area contributed by atoms with Gasteiger partial charge in [-0.3, -0.25) is 18.5 Å². The Hall–Kier alpha value is -1.31. The first kappa shape index (κ1) is 20.0. The van der Waals surface area contributed by atoms with E-state index in [9.17, 15) is 4.21 Å². The minimum Gasteiger partial charge on any atom is -0.272 e. The van der Waals surface area contributed by atoms with Crippen LogP contribution in [0.4, 0.5) is 0 Å². The Kier molecular flexibility index (Phi) is 13.8. The molecule has 0 radical (unpaired) electrons. The molecule has 0 heterocycles. The molecule has 0 aliphatic heterocycles. The third-order valence-corrected chi connectivity index (χ3v) is 2.35. The summed E-state index contributed by atoms with van der Waals surface area (Å²) in [5.41, 5.74) is 0.980. The fraction of sp³-hybridized carbons (Fsp3) is 0.500. The van der Waals surface area contributed by atoms with Crippen molar-refractivity contribution < 1.29 is 17.5 Å². The van der Waals surface area contributed by atoms with E-state index in [2.05, 4.69) is 4.18 Å². The quantitative estimate of drug-likeness (QED) is 0.629. The van der Waals surface area contributed by atoms with Gasteiger partial charge in [-0.15, -0.1) is 0 Å². The van der Waals surface area contributed by atoms with Crippen molar-refractivity contribution in [2.24, 2.45) is 0 Å². The molecule has 110 valence electrons. The Labute approximate surface area is 116 Å². The highest BCUT2D eigenvalue weighted by atomic mass is 32.2. The molecule has 1 aromatic carbocycles. The van der Waals surface area contributed by atoms with Gasteiger partial charge in [-0.2, -0.15) is 4.21 Å². The SMILES string of the molecule is CC.COS(=O)OC(C)c1ccccc1.C[N+](=O)[O-]. The zero-order valence-electron chi connectivity index (χ0n) is 11.9. The average molecular weight is 291 g/mol. The van der Waals surface area contributed by atoms with Crippen molar-refractivity contribution in [2.45, 2.75) is 26.9 Å². The molecule has 1 aromatic rings. The minimum atomic E-state index is -1.66. The van der Waals surface area contributed by atoms with Crippen molar-refractivity contribution in [1.29, 1.82) is 0 Å². The van der Waals surface area contributed by atoms with Crippen molar-refractivity contribution in [3.63, 3.8) is 0 Å². The largest absolute Gasteiger partial charge is 0.304 e. The van der Waals surface area contributed by atoms with Crippen LogP contribution in [0.2, 0.25) is 0 Å². The third kappa shape index (κ3) is 12.9. The van der Waals surface area contributed by atoms with E-state index in [1.54, 1.807) is 0 Å². The van der Waals surface area contributed by atoms with Crippen LogP contribution in [0.1, 0.15) is 32.4 Å². The zero-order chi connectivity index (χ0) is 15.3. The van der Waals surface area contributed by atoms with Crippen molar-refractivity contribution in [1.82, 2.24) is 0 Å². The first-order valence-electron chi connectivity index (χ1n) is 5.73. The lowest BCUT2D eigenvalue weighted by Crippen LogP contribution is -2.04. The molecule has 0 saturated carbocycles. The van der Waals surface area contributed by atoms with Crippen molar-refractivity contribution in [3.05, 3.63) is 46.0 Å². The molecule has 6 nitrogen and oxygen atoms in total. The van der Waals surface area contributed by atoms with Gasteiger partial charge in [0.15, 0.2) is 7.05 Å². The van der Waals surface area contributed by atoms with Crippen LogP contribution in [-0.4, -0.2) is 23.3 Å². The van der Waals surface area contributed by atoms with Crippen molar-refractivity contribution >= 4 is 11.4 Å². The molecule has 19 heavy (non-hydrogen) atoms. The van der Waals surface area contributed by atoms with Gasteiger partial charge in [0.1, 0.15) is 0 Å². The summed E-state index contributed by atoms with van der Waals surface area (Å²) in [7, 11) is 2.23.